The maximum atomic E-state index is 13.0. The van der Waals surface area contributed by atoms with Gasteiger partial charge in [-0.3, -0.25) is 9.69 Å². The monoisotopic (exact) mass is 293 g/mol. The zero-order valence-corrected chi connectivity index (χ0v) is 13.8. The number of fused-ring (bicyclic) bond motifs is 2. The molecule has 0 aromatic rings. The van der Waals surface area contributed by atoms with E-state index in [1.54, 1.807) is 0 Å². The molecule has 4 nitrogen and oxygen atoms in total. The van der Waals surface area contributed by atoms with Crippen LogP contribution in [0.5, 0.6) is 0 Å². The topological polar surface area (TPSA) is 49.6 Å². The summed E-state index contributed by atoms with van der Waals surface area (Å²) in [4.78, 5) is 17.7. The minimum Gasteiger partial charge on any atom is -0.341 e. The van der Waals surface area contributed by atoms with Crippen molar-refractivity contribution in [1.82, 2.24) is 9.80 Å². The van der Waals surface area contributed by atoms with Gasteiger partial charge in [0.15, 0.2) is 0 Å². The van der Waals surface area contributed by atoms with Crippen LogP contribution < -0.4 is 5.73 Å². The van der Waals surface area contributed by atoms with Crippen LogP contribution >= 0.6 is 0 Å². The highest BCUT2D eigenvalue weighted by atomic mass is 16.2. The minimum absolute atomic E-state index is 0.151. The minimum atomic E-state index is 0.151. The summed E-state index contributed by atoms with van der Waals surface area (Å²) in [5.41, 5.74) is 6.23. The molecule has 2 heterocycles. The molecule has 2 aliphatic heterocycles. The zero-order chi connectivity index (χ0) is 15.1. The van der Waals surface area contributed by atoms with Crippen LogP contribution in [0.4, 0.5) is 0 Å². The first-order valence-corrected chi connectivity index (χ1v) is 8.73. The summed E-state index contributed by atoms with van der Waals surface area (Å²) >= 11 is 0. The lowest BCUT2D eigenvalue weighted by atomic mass is 9.72. The van der Waals surface area contributed by atoms with Gasteiger partial charge in [0.2, 0.25) is 5.91 Å². The smallest absolute Gasteiger partial charge is 0.226 e. The van der Waals surface area contributed by atoms with E-state index in [0.29, 0.717) is 29.8 Å². The fourth-order valence-electron chi connectivity index (χ4n) is 4.77. The molecular weight excluding hydrogens is 262 g/mol. The third-order valence-corrected chi connectivity index (χ3v) is 6.46. The molecule has 1 aliphatic carbocycles. The van der Waals surface area contributed by atoms with Crippen molar-refractivity contribution in [3.63, 3.8) is 0 Å². The molecule has 2 saturated heterocycles. The number of hydrogen-bond acceptors (Lipinski definition) is 3. The van der Waals surface area contributed by atoms with Gasteiger partial charge in [-0.25, -0.2) is 0 Å². The standard InChI is InChI=1S/C17H31N3O/c1-11-8-12(2)16(18)9-15(11)17(21)20-7-6-13-4-5-14(10-20)19(13)3/h11-16H,4-10,18H2,1-3H3. The summed E-state index contributed by atoms with van der Waals surface area (Å²) < 4.78 is 0. The van der Waals surface area contributed by atoms with E-state index in [2.05, 4.69) is 30.7 Å². The highest BCUT2D eigenvalue weighted by Crippen LogP contribution is 2.35. The Morgan fingerprint density at radius 3 is 2.52 bits per heavy atom. The Morgan fingerprint density at radius 1 is 1.05 bits per heavy atom. The Hall–Kier alpha value is -0.610. The first-order chi connectivity index (χ1) is 9.97. The van der Waals surface area contributed by atoms with E-state index in [0.717, 1.165) is 32.4 Å². The maximum absolute atomic E-state index is 13.0. The van der Waals surface area contributed by atoms with Gasteiger partial charge in [-0.15, -0.1) is 0 Å². The van der Waals surface area contributed by atoms with Crippen molar-refractivity contribution >= 4 is 5.91 Å². The zero-order valence-electron chi connectivity index (χ0n) is 13.8. The number of likely N-dealkylation sites (tertiary alicyclic amines) is 1. The van der Waals surface area contributed by atoms with Crippen LogP contribution in [0.1, 0.15) is 46.0 Å². The molecule has 3 aliphatic rings. The molecule has 1 amide bonds. The average Bonchev–Trinajstić information content (AvgIpc) is 2.67. The summed E-state index contributed by atoms with van der Waals surface area (Å²) in [5, 5.41) is 0. The molecule has 6 atom stereocenters. The predicted octanol–water partition coefficient (Wildman–Crippen LogP) is 1.69. The van der Waals surface area contributed by atoms with Gasteiger partial charge in [-0.1, -0.05) is 13.8 Å². The van der Waals surface area contributed by atoms with Crippen molar-refractivity contribution in [2.75, 3.05) is 20.1 Å². The third kappa shape index (κ3) is 2.85. The highest BCUT2D eigenvalue weighted by Gasteiger charge is 2.40. The van der Waals surface area contributed by atoms with E-state index in [9.17, 15) is 4.79 Å². The lowest BCUT2D eigenvalue weighted by Crippen LogP contribution is -2.48. The Kier molecular flexibility index (Phi) is 4.28. The van der Waals surface area contributed by atoms with Gasteiger partial charge in [0, 0.05) is 37.1 Å². The van der Waals surface area contributed by atoms with Crippen LogP contribution in [0.15, 0.2) is 0 Å². The van der Waals surface area contributed by atoms with Gasteiger partial charge in [-0.05, 0) is 51.0 Å². The SMILES string of the molecule is CC1CC(C)C(C(=O)N2CCC3CCC(C2)N3C)CC1N. The van der Waals surface area contributed by atoms with E-state index >= 15 is 0 Å². The molecule has 0 aromatic heterocycles. The van der Waals surface area contributed by atoms with Gasteiger partial charge >= 0.3 is 0 Å². The number of carbonyl (C=O) groups excluding carboxylic acids is 1. The molecule has 3 rings (SSSR count). The number of likely N-dealkylation sites (N-methyl/N-ethyl adjacent to an activating group) is 1. The molecule has 1 saturated carbocycles. The largest absolute Gasteiger partial charge is 0.341 e. The van der Waals surface area contributed by atoms with Crippen molar-refractivity contribution in [1.29, 1.82) is 0 Å². The number of hydrogen-bond donors (Lipinski definition) is 1. The van der Waals surface area contributed by atoms with Gasteiger partial charge < -0.3 is 10.6 Å². The summed E-state index contributed by atoms with van der Waals surface area (Å²) in [5.74, 6) is 1.56. The fourth-order valence-corrected chi connectivity index (χ4v) is 4.77. The molecule has 21 heavy (non-hydrogen) atoms. The fraction of sp³-hybridized carbons (Fsp3) is 0.941. The van der Waals surface area contributed by atoms with Crippen molar-refractivity contribution in [3.05, 3.63) is 0 Å². The Bertz CT molecular complexity index is 399. The van der Waals surface area contributed by atoms with Crippen molar-refractivity contribution in [3.8, 4) is 0 Å². The molecule has 6 unspecified atom stereocenters. The number of rotatable bonds is 1. The number of nitrogens with zero attached hydrogens (tertiary/aromatic N) is 2. The van der Waals surface area contributed by atoms with Gasteiger partial charge in [0.05, 0.1) is 0 Å². The maximum Gasteiger partial charge on any atom is 0.226 e. The van der Waals surface area contributed by atoms with Crippen LogP contribution in [0, 0.1) is 17.8 Å². The first kappa shape index (κ1) is 15.3. The average molecular weight is 293 g/mol. The second-order valence-electron chi connectivity index (χ2n) is 7.82. The molecule has 0 aromatic carbocycles. The molecule has 3 fully saturated rings. The predicted molar refractivity (Wildman–Crippen MR) is 84.8 cm³/mol. The van der Waals surface area contributed by atoms with E-state index in [-0.39, 0.29) is 12.0 Å². The van der Waals surface area contributed by atoms with Gasteiger partial charge in [0.25, 0.3) is 0 Å². The van der Waals surface area contributed by atoms with Crippen molar-refractivity contribution < 1.29 is 4.79 Å². The number of nitrogens with two attached hydrogens (primary N) is 1. The van der Waals surface area contributed by atoms with Gasteiger partial charge in [0.1, 0.15) is 0 Å². The van der Waals surface area contributed by atoms with Crippen molar-refractivity contribution in [2.24, 2.45) is 23.5 Å². The summed E-state index contributed by atoms with van der Waals surface area (Å²) in [6.07, 6.45) is 5.68. The van der Waals surface area contributed by atoms with Crippen LogP contribution in [-0.2, 0) is 4.79 Å². The normalized spacial score (nSPS) is 44.7. The Balaban J connectivity index is 1.67. The lowest BCUT2D eigenvalue weighted by molar-refractivity contribution is -0.139. The van der Waals surface area contributed by atoms with E-state index in [1.165, 1.54) is 12.8 Å². The summed E-state index contributed by atoms with van der Waals surface area (Å²) in [7, 11) is 2.23. The summed E-state index contributed by atoms with van der Waals surface area (Å²) in [6.45, 7) is 6.33. The molecular formula is C17H31N3O. The van der Waals surface area contributed by atoms with Crippen LogP contribution in [0.3, 0.4) is 0 Å². The van der Waals surface area contributed by atoms with E-state index in [1.807, 2.05) is 0 Å². The van der Waals surface area contributed by atoms with Crippen LogP contribution in [-0.4, -0.2) is 54.0 Å². The second-order valence-corrected chi connectivity index (χ2v) is 7.82. The lowest BCUT2D eigenvalue weighted by Gasteiger charge is -2.39. The van der Waals surface area contributed by atoms with E-state index in [4.69, 9.17) is 5.73 Å². The van der Waals surface area contributed by atoms with Crippen LogP contribution in [0.2, 0.25) is 0 Å². The third-order valence-electron chi connectivity index (χ3n) is 6.46. The Morgan fingerprint density at radius 2 is 1.76 bits per heavy atom. The number of carbonyl (C=O) groups is 1. The quantitative estimate of drug-likeness (QED) is 0.800. The van der Waals surface area contributed by atoms with Crippen molar-refractivity contribution in [2.45, 2.75) is 64.1 Å². The molecule has 4 heteroatoms. The molecule has 2 N–H and O–H groups in total. The number of amides is 1. The second kappa shape index (κ2) is 5.88. The Labute approximate surface area is 129 Å². The molecule has 120 valence electrons. The first-order valence-electron chi connectivity index (χ1n) is 8.73. The van der Waals surface area contributed by atoms with E-state index < -0.39 is 0 Å². The van der Waals surface area contributed by atoms with Crippen LogP contribution in [0.25, 0.3) is 0 Å². The summed E-state index contributed by atoms with van der Waals surface area (Å²) in [6, 6.07) is 1.47. The highest BCUT2D eigenvalue weighted by molar-refractivity contribution is 5.79. The molecule has 2 bridgehead atoms. The molecule has 0 radical (unpaired) electrons. The van der Waals surface area contributed by atoms with Gasteiger partial charge in [-0.2, -0.15) is 0 Å². The molecule has 0 spiro atoms.